The molecule has 0 spiro atoms. The molecule has 2 aromatic rings. The van der Waals surface area contributed by atoms with Gasteiger partial charge in [0.25, 0.3) is 0 Å². The third-order valence-electron chi connectivity index (χ3n) is 3.23. The lowest BCUT2D eigenvalue weighted by Gasteiger charge is -2.14. The smallest absolute Gasteiger partial charge is 0.134 e. The highest BCUT2D eigenvalue weighted by Crippen LogP contribution is 2.29. The van der Waals surface area contributed by atoms with Gasteiger partial charge in [-0.1, -0.05) is 35.9 Å². The van der Waals surface area contributed by atoms with Crippen molar-refractivity contribution < 1.29 is 4.74 Å². The van der Waals surface area contributed by atoms with Gasteiger partial charge >= 0.3 is 0 Å². The normalized spacial score (nSPS) is 12.2. The average Bonchev–Trinajstić information content (AvgIpc) is 2.46. The van der Waals surface area contributed by atoms with E-state index >= 15 is 0 Å². The largest absolute Gasteiger partial charge is 0.488 e. The molecule has 106 valence electrons. The zero-order chi connectivity index (χ0) is 14.5. The molecule has 0 bridgehead atoms. The van der Waals surface area contributed by atoms with Crippen molar-refractivity contribution in [3.05, 3.63) is 63.1 Å². The van der Waals surface area contributed by atoms with Crippen molar-refractivity contribution in [2.45, 2.75) is 19.6 Å². The maximum Gasteiger partial charge on any atom is 0.134 e. The Morgan fingerprint density at radius 1 is 1.25 bits per heavy atom. The predicted octanol–water partition coefficient (Wildman–Crippen LogP) is 4.96. The van der Waals surface area contributed by atoms with Crippen LogP contribution >= 0.6 is 27.5 Å². The lowest BCUT2D eigenvalue weighted by atomic mass is 10.1. The maximum absolute atomic E-state index is 6.12. The molecule has 1 unspecified atom stereocenters. The van der Waals surface area contributed by atoms with Crippen LogP contribution in [0.4, 0.5) is 0 Å². The van der Waals surface area contributed by atoms with Crippen LogP contribution < -0.4 is 10.1 Å². The third-order valence-corrected chi connectivity index (χ3v) is 4.22. The molecular formula is C16H17BrClNO. The Bertz CT molecular complexity index is 588. The fourth-order valence-electron chi connectivity index (χ4n) is 1.84. The van der Waals surface area contributed by atoms with Crippen LogP contribution in [0.2, 0.25) is 5.02 Å². The number of nitrogens with one attached hydrogen (secondary N) is 1. The molecule has 2 rings (SSSR count). The first-order valence-corrected chi connectivity index (χ1v) is 7.62. The zero-order valence-corrected chi connectivity index (χ0v) is 13.8. The van der Waals surface area contributed by atoms with E-state index in [1.54, 1.807) is 0 Å². The van der Waals surface area contributed by atoms with Crippen LogP contribution in [0.5, 0.6) is 5.75 Å². The molecule has 0 heterocycles. The Morgan fingerprint density at radius 2 is 2.00 bits per heavy atom. The predicted molar refractivity (Wildman–Crippen MR) is 87.4 cm³/mol. The van der Waals surface area contributed by atoms with Crippen LogP contribution in [0, 0.1) is 0 Å². The molecule has 0 fully saturated rings. The second-order valence-electron chi connectivity index (χ2n) is 4.58. The molecule has 0 amide bonds. The molecule has 0 saturated carbocycles. The van der Waals surface area contributed by atoms with Crippen LogP contribution in [0.25, 0.3) is 0 Å². The van der Waals surface area contributed by atoms with E-state index in [-0.39, 0.29) is 0 Å². The van der Waals surface area contributed by atoms with E-state index in [0.717, 1.165) is 20.8 Å². The molecule has 2 nitrogen and oxygen atoms in total. The summed E-state index contributed by atoms with van der Waals surface area (Å²) in [6, 6.07) is 14.1. The topological polar surface area (TPSA) is 21.3 Å². The number of rotatable bonds is 5. The van der Waals surface area contributed by atoms with Crippen molar-refractivity contribution in [3.63, 3.8) is 0 Å². The van der Waals surface area contributed by atoms with Gasteiger partial charge in [-0.3, -0.25) is 0 Å². The van der Waals surface area contributed by atoms with Crippen molar-refractivity contribution in [1.29, 1.82) is 0 Å². The lowest BCUT2D eigenvalue weighted by Crippen LogP contribution is -2.12. The van der Waals surface area contributed by atoms with E-state index in [2.05, 4.69) is 40.3 Å². The summed E-state index contributed by atoms with van der Waals surface area (Å²) in [5, 5.41) is 3.94. The molecule has 1 N–H and O–H groups in total. The van der Waals surface area contributed by atoms with Crippen LogP contribution in [0.3, 0.4) is 0 Å². The minimum Gasteiger partial charge on any atom is -0.488 e. The van der Waals surface area contributed by atoms with Crippen LogP contribution in [0.1, 0.15) is 24.1 Å². The number of halogens is 2. The van der Waals surface area contributed by atoms with Crippen molar-refractivity contribution >= 4 is 27.5 Å². The highest BCUT2D eigenvalue weighted by atomic mass is 79.9. The summed E-state index contributed by atoms with van der Waals surface area (Å²) in [5.41, 5.74) is 2.19. The zero-order valence-electron chi connectivity index (χ0n) is 11.5. The monoisotopic (exact) mass is 353 g/mol. The standard InChI is InChI=1S/C16H17BrClNO/c1-11(19-2)12-7-8-16(14(17)9-12)20-10-13-5-3-4-6-15(13)18/h3-9,11,19H,10H2,1-2H3. The third kappa shape index (κ3) is 3.75. The summed E-state index contributed by atoms with van der Waals surface area (Å²) in [6.45, 7) is 2.57. The van der Waals surface area contributed by atoms with Gasteiger partial charge in [-0.05, 0) is 53.7 Å². The molecule has 1 atom stereocenters. The first kappa shape index (κ1) is 15.4. The lowest BCUT2D eigenvalue weighted by molar-refractivity contribution is 0.304. The minimum atomic E-state index is 0.309. The number of benzene rings is 2. The fourth-order valence-corrected chi connectivity index (χ4v) is 2.54. The summed E-state index contributed by atoms with van der Waals surface area (Å²) in [7, 11) is 1.94. The van der Waals surface area contributed by atoms with Gasteiger partial charge < -0.3 is 10.1 Å². The molecule has 20 heavy (non-hydrogen) atoms. The molecule has 0 aliphatic heterocycles. The van der Waals surface area contributed by atoms with Gasteiger partial charge in [0, 0.05) is 16.6 Å². The van der Waals surface area contributed by atoms with E-state index in [1.807, 2.05) is 37.4 Å². The van der Waals surface area contributed by atoms with E-state index in [0.29, 0.717) is 12.6 Å². The Morgan fingerprint density at radius 3 is 2.65 bits per heavy atom. The van der Waals surface area contributed by atoms with Crippen LogP contribution in [-0.4, -0.2) is 7.05 Å². The van der Waals surface area contributed by atoms with Gasteiger partial charge in [0.2, 0.25) is 0 Å². The molecule has 0 radical (unpaired) electrons. The Hall–Kier alpha value is -1.03. The van der Waals surface area contributed by atoms with Crippen molar-refractivity contribution in [3.8, 4) is 5.75 Å². The quantitative estimate of drug-likeness (QED) is 0.819. The highest BCUT2D eigenvalue weighted by Gasteiger charge is 2.08. The summed E-state index contributed by atoms with van der Waals surface area (Å²) < 4.78 is 6.77. The van der Waals surface area contributed by atoms with Gasteiger partial charge in [0.05, 0.1) is 4.47 Å². The summed E-state index contributed by atoms with van der Waals surface area (Å²) >= 11 is 9.67. The number of hydrogen-bond donors (Lipinski definition) is 1. The minimum absolute atomic E-state index is 0.309. The van der Waals surface area contributed by atoms with Gasteiger partial charge in [-0.2, -0.15) is 0 Å². The average molecular weight is 355 g/mol. The highest BCUT2D eigenvalue weighted by molar-refractivity contribution is 9.10. The summed E-state index contributed by atoms with van der Waals surface area (Å²) in [4.78, 5) is 0. The molecule has 0 aliphatic carbocycles. The first-order valence-electron chi connectivity index (χ1n) is 6.44. The van der Waals surface area contributed by atoms with E-state index < -0.39 is 0 Å². The van der Waals surface area contributed by atoms with Crippen LogP contribution in [0.15, 0.2) is 46.9 Å². The first-order chi connectivity index (χ1) is 9.61. The summed E-state index contributed by atoms with van der Waals surface area (Å²) in [6.07, 6.45) is 0. The van der Waals surface area contributed by atoms with E-state index in [4.69, 9.17) is 16.3 Å². The van der Waals surface area contributed by atoms with Gasteiger partial charge in [-0.25, -0.2) is 0 Å². The van der Waals surface area contributed by atoms with Gasteiger partial charge in [-0.15, -0.1) is 0 Å². The van der Waals surface area contributed by atoms with Gasteiger partial charge in [0.1, 0.15) is 12.4 Å². The molecule has 0 saturated heterocycles. The molecule has 0 aromatic heterocycles. The van der Waals surface area contributed by atoms with Crippen LogP contribution in [-0.2, 0) is 6.61 Å². The second kappa shape index (κ2) is 7.11. The van der Waals surface area contributed by atoms with Crippen molar-refractivity contribution in [2.24, 2.45) is 0 Å². The Kier molecular flexibility index (Phi) is 5.46. The molecule has 4 heteroatoms. The second-order valence-corrected chi connectivity index (χ2v) is 5.84. The molecule has 0 aliphatic rings. The van der Waals surface area contributed by atoms with E-state index in [9.17, 15) is 0 Å². The van der Waals surface area contributed by atoms with Gasteiger partial charge in [0.15, 0.2) is 0 Å². The van der Waals surface area contributed by atoms with Crippen molar-refractivity contribution in [2.75, 3.05) is 7.05 Å². The molecule has 2 aromatic carbocycles. The number of ether oxygens (including phenoxy) is 1. The molecular weight excluding hydrogens is 338 g/mol. The number of hydrogen-bond acceptors (Lipinski definition) is 2. The summed E-state index contributed by atoms with van der Waals surface area (Å²) in [5.74, 6) is 0.817. The van der Waals surface area contributed by atoms with Crippen molar-refractivity contribution in [1.82, 2.24) is 5.32 Å². The SMILES string of the molecule is CNC(C)c1ccc(OCc2ccccc2Cl)c(Br)c1. The Labute approximate surface area is 133 Å². The maximum atomic E-state index is 6.12. The van der Waals surface area contributed by atoms with E-state index in [1.165, 1.54) is 5.56 Å². The Balaban J connectivity index is 2.09. The fraction of sp³-hybridized carbons (Fsp3) is 0.250.